The maximum Gasteiger partial charge on any atom is 0.292 e. The van der Waals surface area contributed by atoms with E-state index in [0.29, 0.717) is 34.5 Å². The first-order chi connectivity index (χ1) is 11.3. The zero-order valence-corrected chi connectivity index (χ0v) is 15.1. The van der Waals surface area contributed by atoms with Gasteiger partial charge >= 0.3 is 0 Å². The molecule has 0 radical (unpaired) electrons. The molecule has 0 bridgehead atoms. The molecule has 0 amide bonds. The summed E-state index contributed by atoms with van der Waals surface area (Å²) < 4.78 is 25.8. The Morgan fingerprint density at radius 2 is 2.00 bits per heavy atom. The fourth-order valence-electron chi connectivity index (χ4n) is 2.70. The quantitative estimate of drug-likeness (QED) is 0.614. The molecule has 7 nitrogen and oxygen atoms in total. The molecule has 1 heterocycles. The van der Waals surface area contributed by atoms with Crippen LogP contribution >= 0.6 is 15.9 Å². The van der Waals surface area contributed by atoms with Gasteiger partial charge in [0, 0.05) is 22.8 Å². The molecule has 0 fully saturated rings. The zero-order chi connectivity index (χ0) is 17.5. The van der Waals surface area contributed by atoms with Crippen molar-refractivity contribution in [1.29, 1.82) is 0 Å². The number of hydrogen-bond donors (Lipinski definition) is 1. The zero-order valence-electron chi connectivity index (χ0n) is 12.7. The molecule has 1 aliphatic heterocycles. The van der Waals surface area contributed by atoms with Crippen molar-refractivity contribution in [2.24, 2.45) is 0 Å². The van der Waals surface area contributed by atoms with Crippen LogP contribution in [-0.2, 0) is 16.4 Å². The van der Waals surface area contributed by atoms with Crippen molar-refractivity contribution in [2.45, 2.75) is 6.42 Å². The van der Waals surface area contributed by atoms with Gasteiger partial charge in [-0.2, -0.15) is 0 Å². The first-order valence-electron chi connectivity index (χ1n) is 7.07. The minimum absolute atomic E-state index is 0.0568. The third kappa shape index (κ3) is 3.22. The molecule has 0 atom stereocenters. The van der Waals surface area contributed by atoms with Crippen LogP contribution in [0, 0.1) is 10.1 Å². The van der Waals surface area contributed by atoms with Crippen molar-refractivity contribution in [2.75, 3.05) is 22.4 Å². The molecule has 24 heavy (non-hydrogen) atoms. The molecule has 0 unspecified atom stereocenters. The number of halogens is 1. The lowest BCUT2D eigenvalue weighted by molar-refractivity contribution is -0.383. The van der Waals surface area contributed by atoms with Gasteiger partial charge in [0.2, 0.25) is 10.0 Å². The number of nitrogens with one attached hydrogen (secondary N) is 1. The van der Waals surface area contributed by atoms with Crippen LogP contribution in [0.3, 0.4) is 0 Å². The van der Waals surface area contributed by atoms with Crippen LogP contribution < -0.4 is 9.62 Å². The van der Waals surface area contributed by atoms with E-state index < -0.39 is 14.9 Å². The van der Waals surface area contributed by atoms with E-state index in [1.165, 1.54) is 16.6 Å². The maximum atomic E-state index is 11.9. The molecule has 0 spiro atoms. The second-order valence-electron chi connectivity index (χ2n) is 5.47. The van der Waals surface area contributed by atoms with Gasteiger partial charge in [0.25, 0.3) is 5.69 Å². The van der Waals surface area contributed by atoms with Crippen LogP contribution in [0.5, 0.6) is 0 Å². The van der Waals surface area contributed by atoms with Crippen molar-refractivity contribution in [3.63, 3.8) is 0 Å². The van der Waals surface area contributed by atoms with Gasteiger partial charge in [-0.15, -0.1) is 0 Å². The lowest BCUT2D eigenvalue weighted by Gasteiger charge is -2.17. The van der Waals surface area contributed by atoms with E-state index in [4.69, 9.17) is 0 Å². The number of benzene rings is 2. The Bertz CT molecular complexity index is 930. The van der Waals surface area contributed by atoms with Gasteiger partial charge in [-0.05, 0) is 36.2 Å². The number of hydrogen-bond acceptors (Lipinski definition) is 5. The summed E-state index contributed by atoms with van der Waals surface area (Å²) in [6, 6.07) is 9.94. The highest BCUT2D eigenvalue weighted by atomic mass is 79.9. The van der Waals surface area contributed by atoms with Crippen LogP contribution in [0.25, 0.3) is 0 Å². The van der Waals surface area contributed by atoms with Gasteiger partial charge in [-0.25, -0.2) is 8.42 Å². The summed E-state index contributed by atoms with van der Waals surface area (Å²) in [7, 11) is -3.34. The molecular formula is C15H14BrN3O4S. The Balaban J connectivity index is 1.99. The van der Waals surface area contributed by atoms with E-state index >= 15 is 0 Å². The minimum Gasteiger partial charge on any atom is -0.350 e. The monoisotopic (exact) mass is 411 g/mol. The molecule has 0 saturated heterocycles. The molecule has 1 N–H and O–H groups in total. The highest BCUT2D eigenvalue weighted by Crippen LogP contribution is 2.35. The number of nitro benzene ring substituents is 1. The topological polar surface area (TPSA) is 92.6 Å². The van der Waals surface area contributed by atoms with Crippen molar-refractivity contribution in [1.82, 2.24) is 0 Å². The molecule has 3 rings (SSSR count). The van der Waals surface area contributed by atoms with E-state index in [0.717, 1.165) is 5.56 Å². The van der Waals surface area contributed by atoms with E-state index in [2.05, 4.69) is 21.2 Å². The average molecular weight is 412 g/mol. The van der Waals surface area contributed by atoms with E-state index in [1.54, 1.807) is 24.3 Å². The molecule has 0 saturated carbocycles. The predicted molar refractivity (Wildman–Crippen MR) is 96.4 cm³/mol. The second-order valence-corrected chi connectivity index (χ2v) is 8.29. The van der Waals surface area contributed by atoms with Crippen molar-refractivity contribution in [3.05, 3.63) is 56.5 Å². The summed E-state index contributed by atoms with van der Waals surface area (Å²) in [6.45, 7) is 0.411. The fourth-order valence-corrected chi connectivity index (χ4v) is 4.01. The lowest BCUT2D eigenvalue weighted by atomic mass is 10.1. The highest BCUT2D eigenvalue weighted by Gasteiger charge is 2.26. The number of nitro groups is 1. The first kappa shape index (κ1) is 16.7. The van der Waals surface area contributed by atoms with Crippen molar-refractivity contribution in [3.8, 4) is 0 Å². The Morgan fingerprint density at radius 1 is 1.25 bits per heavy atom. The van der Waals surface area contributed by atoms with Crippen LogP contribution in [-0.4, -0.2) is 26.1 Å². The molecule has 9 heteroatoms. The van der Waals surface area contributed by atoms with Gasteiger partial charge in [0.05, 0.1) is 16.9 Å². The fraction of sp³-hybridized carbons (Fsp3) is 0.200. The van der Waals surface area contributed by atoms with E-state index in [-0.39, 0.29) is 5.69 Å². The van der Waals surface area contributed by atoms with E-state index in [9.17, 15) is 18.5 Å². The van der Waals surface area contributed by atoms with Crippen molar-refractivity contribution >= 4 is 48.7 Å². The number of sulfonamides is 1. The predicted octanol–water partition coefficient (Wildman–Crippen LogP) is 3.42. The molecule has 126 valence electrons. The number of rotatable bonds is 4. The molecule has 2 aromatic carbocycles. The van der Waals surface area contributed by atoms with Gasteiger partial charge in [-0.1, -0.05) is 22.0 Å². The largest absolute Gasteiger partial charge is 0.350 e. The smallest absolute Gasteiger partial charge is 0.292 e. The highest BCUT2D eigenvalue weighted by molar-refractivity contribution is 9.10. The third-order valence-electron chi connectivity index (χ3n) is 3.77. The van der Waals surface area contributed by atoms with Gasteiger partial charge in [0.1, 0.15) is 5.69 Å². The van der Waals surface area contributed by atoms with Crippen LogP contribution in [0.2, 0.25) is 0 Å². The minimum atomic E-state index is -3.34. The summed E-state index contributed by atoms with van der Waals surface area (Å²) in [6.07, 6.45) is 1.82. The number of nitrogens with zero attached hydrogens (tertiary/aromatic N) is 2. The second kappa shape index (κ2) is 6.06. The standard InChI is InChI=1S/C15H14BrN3O4S/c1-24(22,23)18-7-6-10-2-4-12(9-15(10)18)17-13-8-11(16)3-5-14(13)19(20)21/h2-5,8-9,17H,6-7H2,1H3. The summed E-state index contributed by atoms with van der Waals surface area (Å²) in [4.78, 5) is 10.7. The van der Waals surface area contributed by atoms with Crippen LogP contribution in [0.4, 0.5) is 22.7 Å². The van der Waals surface area contributed by atoms with Gasteiger partial charge in [0.15, 0.2) is 0 Å². The van der Waals surface area contributed by atoms with Crippen molar-refractivity contribution < 1.29 is 13.3 Å². The Labute approximate surface area is 147 Å². The Hall–Kier alpha value is -2.13. The average Bonchev–Trinajstić information content (AvgIpc) is 2.90. The Kier molecular flexibility index (Phi) is 4.22. The molecule has 1 aliphatic rings. The van der Waals surface area contributed by atoms with E-state index in [1.807, 2.05) is 6.07 Å². The SMILES string of the molecule is CS(=O)(=O)N1CCc2ccc(Nc3cc(Br)ccc3[N+](=O)[O-])cc21. The summed E-state index contributed by atoms with van der Waals surface area (Å²) in [5, 5.41) is 14.2. The molecule has 2 aromatic rings. The molecule has 0 aromatic heterocycles. The summed E-state index contributed by atoms with van der Waals surface area (Å²) in [5.74, 6) is 0. The van der Waals surface area contributed by atoms with Gasteiger partial charge < -0.3 is 5.32 Å². The number of fused-ring (bicyclic) bond motifs is 1. The normalized spacial score (nSPS) is 13.7. The molecular weight excluding hydrogens is 398 g/mol. The van der Waals surface area contributed by atoms with Gasteiger partial charge in [-0.3, -0.25) is 14.4 Å². The maximum absolute atomic E-state index is 11.9. The van der Waals surface area contributed by atoms with Crippen LogP contribution in [0.15, 0.2) is 40.9 Å². The summed E-state index contributed by atoms with van der Waals surface area (Å²) in [5.41, 5.74) is 2.41. The first-order valence-corrected chi connectivity index (χ1v) is 9.71. The summed E-state index contributed by atoms with van der Waals surface area (Å²) >= 11 is 3.29. The third-order valence-corrected chi connectivity index (χ3v) is 5.45. The van der Waals surface area contributed by atoms with Crippen LogP contribution in [0.1, 0.15) is 5.56 Å². The lowest BCUT2D eigenvalue weighted by Crippen LogP contribution is -2.27. The molecule has 0 aliphatic carbocycles. The Morgan fingerprint density at radius 3 is 2.67 bits per heavy atom. The number of anilines is 3.